The van der Waals surface area contributed by atoms with E-state index in [1.54, 1.807) is 12.3 Å². The molecule has 0 spiro atoms. The largest absolute Gasteiger partial charge is 0.491 e. The Morgan fingerprint density at radius 2 is 1.40 bits per heavy atom. The fourth-order valence-corrected chi connectivity index (χ4v) is 6.33. The predicted molar refractivity (Wildman–Crippen MR) is 198 cm³/mol. The van der Waals surface area contributed by atoms with E-state index in [2.05, 4.69) is 15.3 Å². The number of carbonyl (C=O) groups excluding carboxylic acids is 4. The Hall–Kier alpha value is -5.94. The summed E-state index contributed by atoms with van der Waals surface area (Å²) in [5.74, 6) is -0.579. The zero-order valence-electron chi connectivity index (χ0n) is 29.9. The van der Waals surface area contributed by atoms with Crippen molar-refractivity contribution in [3.63, 3.8) is 0 Å². The highest BCUT2D eigenvalue weighted by atomic mass is 16.6. The molecule has 2 aliphatic heterocycles. The third-order valence-corrected chi connectivity index (χ3v) is 9.08. The Balaban J connectivity index is 0.701. The number of aromatic nitrogens is 3. The van der Waals surface area contributed by atoms with E-state index in [0.717, 1.165) is 32.4 Å². The van der Waals surface area contributed by atoms with Crippen LogP contribution in [0.1, 0.15) is 33.6 Å². The molecule has 4 amide bonds. The number of fused-ring (bicyclic) bond motifs is 3. The minimum atomic E-state index is -1.02. The first-order valence-electron chi connectivity index (χ1n) is 17.9. The summed E-state index contributed by atoms with van der Waals surface area (Å²) in [6, 6.07) is 15.2. The van der Waals surface area contributed by atoms with E-state index >= 15 is 0 Å². The SMILES string of the molecule is Nc1cccc2cnc(-n3ccc4cc(OCCOCCOCCOCCOCCOc5ccc6c(c5)C(=O)N(C5CCC(=O)NC5=O)C6=O)ncc43)cc12. The van der Waals surface area contributed by atoms with Crippen LogP contribution < -0.4 is 20.5 Å². The van der Waals surface area contributed by atoms with Crippen LogP contribution >= 0.6 is 0 Å². The maximum absolute atomic E-state index is 13.0. The number of ether oxygens (including phenoxy) is 6. The third kappa shape index (κ3) is 8.73. The molecule has 5 aromatic rings. The number of imide groups is 2. The van der Waals surface area contributed by atoms with Crippen LogP contribution in [0, 0.1) is 0 Å². The Morgan fingerprint density at radius 3 is 2.13 bits per heavy atom. The second-order valence-electron chi connectivity index (χ2n) is 12.7. The summed E-state index contributed by atoms with van der Waals surface area (Å²) in [4.78, 5) is 59.4. The molecule has 7 rings (SSSR count). The fraction of sp³-hybridized carbons (Fsp3) is 0.333. The molecule has 5 heterocycles. The highest BCUT2D eigenvalue weighted by molar-refractivity contribution is 6.23. The number of pyridine rings is 2. The van der Waals surface area contributed by atoms with Gasteiger partial charge in [-0.15, -0.1) is 0 Å². The van der Waals surface area contributed by atoms with E-state index in [1.165, 1.54) is 12.1 Å². The first kappa shape index (κ1) is 37.4. The smallest absolute Gasteiger partial charge is 0.262 e. The molecule has 16 nitrogen and oxygen atoms in total. The molecule has 0 saturated carbocycles. The number of nitrogens with one attached hydrogen (secondary N) is 1. The lowest BCUT2D eigenvalue weighted by Gasteiger charge is -2.27. The summed E-state index contributed by atoms with van der Waals surface area (Å²) >= 11 is 0. The number of nitrogens with zero attached hydrogens (tertiary/aromatic N) is 4. The van der Waals surface area contributed by atoms with Gasteiger partial charge in [-0.3, -0.25) is 34.0 Å². The predicted octanol–water partition coefficient (Wildman–Crippen LogP) is 3.08. The number of hydrogen-bond acceptors (Lipinski definition) is 13. The van der Waals surface area contributed by atoms with Gasteiger partial charge in [-0.05, 0) is 42.8 Å². The first-order valence-corrected chi connectivity index (χ1v) is 17.9. The van der Waals surface area contributed by atoms with Crippen LogP contribution in [0.5, 0.6) is 11.6 Å². The summed E-state index contributed by atoms with van der Waals surface area (Å²) in [5, 5.41) is 5.09. The van der Waals surface area contributed by atoms with Gasteiger partial charge in [0, 0.05) is 46.7 Å². The molecule has 3 N–H and O–H groups in total. The minimum Gasteiger partial charge on any atom is -0.491 e. The van der Waals surface area contributed by atoms with Crippen molar-refractivity contribution in [3.8, 4) is 17.4 Å². The van der Waals surface area contributed by atoms with Crippen LogP contribution in [0.2, 0.25) is 0 Å². The van der Waals surface area contributed by atoms with Gasteiger partial charge in [0.15, 0.2) is 0 Å². The lowest BCUT2D eigenvalue weighted by atomic mass is 10.0. The highest BCUT2D eigenvalue weighted by Gasteiger charge is 2.44. The molecule has 3 aromatic heterocycles. The third-order valence-electron chi connectivity index (χ3n) is 9.08. The van der Waals surface area contributed by atoms with E-state index in [-0.39, 0.29) is 37.2 Å². The molecule has 0 radical (unpaired) electrons. The van der Waals surface area contributed by atoms with Gasteiger partial charge in [-0.1, -0.05) is 12.1 Å². The fourth-order valence-electron chi connectivity index (χ4n) is 6.33. The van der Waals surface area contributed by atoms with E-state index in [9.17, 15) is 19.2 Å². The molecule has 2 aromatic carbocycles. The average molecular weight is 753 g/mol. The van der Waals surface area contributed by atoms with Gasteiger partial charge >= 0.3 is 0 Å². The highest BCUT2D eigenvalue weighted by Crippen LogP contribution is 2.30. The zero-order valence-corrected chi connectivity index (χ0v) is 29.9. The summed E-state index contributed by atoms with van der Waals surface area (Å²) in [6.45, 7) is 3.61. The van der Waals surface area contributed by atoms with Crippen LogP contribution in [-0.4, -0.2) is 115 Å². The number of benzene rings is 2. The van der Waals surface area contributed by atoms with Crippen LogP contribution in [0.15, 0.2) is 73.2 Å². The van der Waals surface area contributed by atoms with Gasteiger partial charge < -0.3 is 34.2 Å². The Morgan fingerprint density at radius 1 is 0.709 bits per heavy atom. The number of carbonyl (C=O) groups is 4. The molecule has 1 saturated heterocycles. The number of nitrogens with two attached hydrogens (primary N) is 1. The average Bonchev–Trinajstić information content (AvgIpc) is 3.72. The zero-order chi connectivity index (χ0) is 38.1. The van der Waals surface area contributed by atoms with Crippen molar-refractivity contribution in [1.82, 2.24) is 24.8 Å². The monoisotopic (exact) mass is 752 g/mol. The second kappa shape index (κ2) is 17.5. The van der Waals surface area contributed by atoms with Crippen molar-refractivity contribution in [2.45, 2.75) is 18.9 Å². The quantitative estimate of drug-likeness (QED) is 0.0710. The van der Waals surface area contributed by atoms with Gasteiger partial charge in [0.2, 0.25) is 17.7 Å². The van der Waals surface area contributed by atoms with Crippen molar-refractivity contribution < 1.29 is 47.6 Å². The maximum atomic E-state index is 13.0. The first-order chi connectivity index (χ1) is 26.9. The molecule has 1 fully saturated rings. The summed E-state index contributed by atoms with van der Waals surface area (Å²) < 4.78 is 35.6. The van der Waals surface area contributed by atoms with Crippen LogP contribution in [0.3, 0.4) is 0 Å². The van der Waals surface area contributed by atoms with Gasteiger partial charge in [-0.2, -0.15) is 0 Å². The van der Waals surface area contributed by atoms with E-state index in [1.807, 2.05) is 53.4 Å². The van der Waals surface area contributed by atoms with Gasteiger partial charge in [0.05, 0.1) is 75.7 Å². The molecule has 0 aliphatic carbocycles. The Kier molecular flexibility index (Phi) is 11.9. The Bertz CT molecular complexity index is 2210. The normalized spacial score (nSPS) is 15.6. The second-order valence-corrected chi connectivity index (χ2v) is 12.7. The standard InChI is InChI=1S/C39H40N6O10/c40-31-3-1-2-26-23-41-34(22-29(26)31)44-9-8-25-20-36(42-24-33(25)44)55-19-17-53-15-13-51-11-10-50-12-14-52-16-18-54-27-4-5-28-30(21-27)39(49)45(38(28)48)32-6-7-35(46)43-37(32)47/h1-5,8-9,20-24,32H,6-7,10-19,40H2,(H,43,46,47). The van der Waals surface area contributed by atoms with E-state index in [4.69, 9.17) is 34.2 Å². The molecule has 1 atom stereocenters. The molecule has 0 bridgehead atoms. The van der Waals surface area contributed by atoms with Crippen molar-refractivity contribution in [2.75, 3.05) is 71.8 Å². The van der Waals surface area contributed by atoms with Gasteiger partial charge in [0.25, 0.3) is 11.8 Å². The van der Waals surface area contributed by atoms with E-state index < -0.39 is 29.7 Å². The molecule has 16 heteroatoms. The number of anilines is 1. The van der Waals surface area contributed by atoms with Crippen molar-refractivity contribution in [2.24, 2.45) is 0 Å². The number of amides is 4. The topological polar surface area (TPSA) is 196 Å². The molecule has 286 valence electrons. The summed E-state index contributed by atoms with van der Waals surface area (Å²) in [6.07, 6.45) is 5.68. The van der Waals surface area contributed by atoms with Gasteiger partial charge in [0.1, 0.15) is 30.8 Å². The molecular formula is C39H40N6O10. The van der Waals surface area contributed by atoms with Crippen molar-refractivity contribution in [1.29, 1.82) is 0 Å². The number of hydrogen-bond donors (Lipinski definition) is 2. The van der Waals surface area contributed by atoms with Crippen LogP contribution in [0.4, 0.5) is 5.69 Å². The van der Waals surface area contributed by atoms with Crippen molar-refractivity contribution in [3.05, 3.63) is 84.3 Å². The molecule has 55 heavy (non-hydrogen) atoms. The van der Waals surface area contributed by atoms with Crippen LogP contribution in [-0.2, 0) is 28.5 Å². The number of nitrogen functional groups attached to an aromatic ring is 1. The molecule has 1 unspecified atom stereocenters. The lowest BCUT2D eigenvalue weighted by Crippen LogP contribution is -2.54. The molecular weight excluding hydrogens is 712 g/mol. The Labute approximate surface area is 315 Å². The number of piperidine rings is 1. The maximum Gasteiger partial charge on any atom is 0.262 e. The minimum absolute atomic E-state index is 0.0595. The summed E-state index contributed by atoms with van der Waals surface area (Å²) in [5.41, 5.74) is 8.12. The van der Waals surface area contributed by atoms with Gasteiger partial charge in [-0.25, -0.2) is 9.97 Å². The molecule has 2 aliphatic rings. The van der Waals surface area contributed by atoms with Crippen molar-refractivity contribution >= 4 is 51.0 Å². The summed E-state index contributed by atoms with van der Waals surface area (Å²) in [7, 11) is 0. The van der Waals surface area contributed by atoms with E-state index in [0.29, 0.717) is 70.2 Å². The number of rotatable bonds is 19. The van der Waals surface area contributed by atoms with Crippen LogP contribution in [0.25, 0.3) is 27.5 Å². The lowest BCUT2D eigenvalue weighted by molar-refractivity contribution is -0.136.